The first-order chi connectivity index (χ1) is 12.5. The van der Waals surface area contributed by atoms with Crippen LogP contribution in [0.2, 0.25) is 0 Å². The monoisotopic (exact) mass is 381 g/mol. The van der Waals surface area contributed by atoms with Crippen molar-refractivity contribution in [1.82, 2.24) is 10.6 Å². The summed E-state index contributed by atoms with van der Waals surface area (Å²) in [6.45, 7) is 2.75. The van der Waals surface area contributed by atoms with Crippen LogP contribution in [0.15, 0.2) is 12.1 Å². The van der Waals surface area contributed by atoms with Gasteiger partial charge >= 0.3 is 0 Å². The Kier molecular flexibility index (Phi) is 7.44. The molecule has 0 bridgehead atoms. The van der Waals surface area contributed by atoms with Crippen molar-refractivity contribution in [3.8, 4) is 11.5 Å². The average Bonchev–Trinajstić information content (AvgIpc) is 2.62. The lowest BCUT2D eigenvalue weighted by atomic mass is 9.86. The summed E-state index contributed by atoms with van der Waals surface area (Å²) < 4.78 is 10.4. The number of hydrogen-bond donors (Lipinski definition) is 2. The van der Waals surface area contributed by atoms with Crippen molar-refractivity contribution in [2.24, 2.45) is 5.92 Å². The maximum atomic E-state index is 11.3. The fourth-order valence-corrected chi connectivity index (χ4v) is 3.59. The standard InChI is InChI=1S/C18H27N3O4S/c1-12-6-4-5-7-14(12)20-18(26)19-9-8-13-10-16(24-2)17(25-3)11-15(13)21(22)23/h10-12,14H,4-9H2,1-3H3,(H2,19,20,26)/t12-,14-/m0/s1. The molecule has 2 atom stereocenters. The van der Waals surface area contributed by atoms with Gasteiger partial charge in [0.15, 0.2) is 16.6 Å². The number of nitrogens with one attached hydrogen (secondary N) is 2. The molecule has 0 unspecified atom stereocenters. The van der Waals surface area contributed by atoms with Gasteiger partial charge in [0.05, 0.1) is 25.2 Å². The van der Waals surface area contributed by atoms with Crippen molar-refractivity contribution in [1.29, 1.82) is 0 Å². The summed E-state index contributed by atoms with van der Waals surface area (Å²) in [6, 6.07) is 3.45. The largest absolute Gasteiger partial charge is 0.493 e. The van der Waals surface area contributed by atoms with Gasteiger partial charge in [0.2, 0.25) is 0 Å². The van der Waals surface area contributed by atoms with Gasteiger partial charge in [0.1, 0.15) is 0 Å². The molecule has 1 aliphatic rings. The number of ether oxygens (including phenoxy) is 2. The van der Waals surface area contributed by atoms with E-state index in [1.54, 1.807) is 6.07 Å². The summed E-state index contributed by atoms with van der Waals surface area (Å²) in [5.41, 5.74) is 0.596. The molecule has 0 aliphatic heterocycles. The van der Waals surface area contributed by atoms with Gasteiger partial charge in [-0.1, -0.05) is 19.8 Å². The number of thiocarbonyl (C=S) groups is 1. The zero-order chi connectivity index (χ0) is 19.1. The Hall–Kier alpha value is -2.09. The Labute approximate surface area is 159 Å². The van der Waals surface area contributed by atoms with Gasteiger partial charge in [0.25, 0.3) is 5.69 Å². The van der Waals surface area contributed by atoms with E-state index < -0.39 is 4.92 Å². The Morgan fingerprint density at radius 2 is 1.92 bits per heavy atom. The first-order valence-electron chi connectivity index (χ1n) is 8.90. The summed E-state index contributed by atoms with van der Waals surface area (Å²) in [6.07, 6.45) is 5.31. The lowest BCUT2D eigenvalue weighted by Gasteiger charge is -2.30. The molecule has 1 aromatic rings. The summed E-state index contributed by atoms with van der Waals surface area (Å²) in [5, 5.41) is 18.5. The van der Waals surface area contributed by atoms with Crippen LogP contribution in [0.1, 0.15) is 38.2 Å². The van der Waals surface area contributed by atoms with Crippen LogP contribution in [0.4, 0.5) is 5.69 Å². The van der Waals surface area contributed by atoms with E-state index in [1.165, 1.54) is 39.5 Å². The van der Waals surface area contributed by atoms with Crippen molar-refractivity contribution < 1.29 is 14.4 Å². The molecule has 1 aromatic carbocycles. The highest BCUT2D eigenvalue weighted by molar-refractivity contribution is 7.80. The quantitative estimate of drug-likeness (QED) is 0.426. The van der Waals surface area contributed by atoms with Gasteiger partial charge in [0, 0.05) is 18.2 Å². The molecule has 0 amide bonds. The molecule has 1 aliphatic carbocycles. The minimum atomic E-state index is -0.405. The summed E-state index contributed by atoms with van der Waals surface area (Å²) in [5.74, 6) is 1.43. The number of nitrogens with zero attached hydrogens (tertiary/aromatic N) is 1. The zero-order valence-electron chi connectivity index (χ0n) is 15.5. The fourth-order valence-electron chi connectivity index (χ4n) is 3.34. The van der Waals surface area contributed by atoms with Gasteiger partial charge in [-0.3, -0.25) is 10.1 Å². The second kappa shape index (κ2) is 9.56. The van der Waals surface area contributed by atoms with Crippen LogP contribution < -0.4 is 20.1 Å². The predicted octanol–water partition coefficient (Wildman–Crippen LogP) is 3.20. The van der Waals surface area contributed by atoms with Crippen LogP contribution in [0.25, 0.3) is 0 Å². The van der Waals surface area contributed by atoms with Gasteiger partial charge in [-0.15, -0.1) is 0 Å². The molecule has 1 saturated carbocycles. The van der Waals surface area contributed by atoms with E-state index in [0.29, 0.717) is 47.1 Å². The van der Waals surface area contributed by atoms with Crippen LogP contribution >= 0.6 is 12.2 Å². The molecule has 0 saturated heterocycles. The first-order valence-corrected chi connectivity index (χ1v) is 9.30. The molecule has 1 fully saturated rings. The molecule has 0 heterocycles. The third-order valence-corrected chi connectivity index (χ3v) is 5.15. The Morgan fingerprint density at radius 3 is 2.54 bits per heavy atom. The zero-order valence-corrected chi connectivity index (χ0v) is 16.4. The third-order valence-electron chi connectivity index (χ3n) is 4.89. The SMILES string of the molecule is COc1cc(CCNC(=S)N[C@H]2CCCC[C@@H]2C)c([N+](=O)[O-])cc1OC. The molecule has 8 heteroatoms. The number of nitro benzene ring substituents is 1. The van der Waals surface area contributed by atoms with Crippen molar-refractivity contribution >= 4 is 23.0 Å². The van der Waals surface area contributed by atoms with E-state index >= 15 is 0 Å². The van der Waals surface area contributed by atoms with Crippen molar-refractivity contribution in [3.63, 3.8) is 0 Å². The fraction of sp³-hybridized carbons (Fsp3) is 0.611. The normalized spacial score (nSPS) is 19.5. The molecule has 0 radical (unpaired) electrons. The van der Waals surface area contributed by atoms with Crippen molar-refractivity contribution in [3.05, 3.63) is 27.8 Å². The maximum Gasteiger partial charge on any atom is 0.276 e. The van der Waals surface area contributed by atoms with Crippen LogP contribution in [0.5, 0.6) is 11.5 Å². The summed E-state index contributed by atoms with van der Waals surface area (Å²) >= 11 is 5.37. The van der Waals surface area contributed by atoms with E-state index in [0.717, 1.165) is 6.42 Å². The van der Waals surface area contributed by atoms with Crippen LogP contribution in [0.3, 0.4) is 0 Å². The molecule has 2 rings (SSSR count). The minimum Gasteiger partial charge on any atom is -0.493 e. The lowest BCUT2D eigenvalue weighted by Crippen LogP contribution is -2.46. The smallest absolute Gasteiger partial charge is 0.276 e. The molecule has 0 aromatic heterocycles. The maximum absolute atomic E-state index is 11.3. The molecule has 26 heavy (non-hydrogen) atoms. The van der Waals surface area contributed by atoms with E-state index in [2.05, 4.69) is 17.6 Å². The number of rotatable bonds is 7. The van der Waals surface area contributed by atoms with Crippen LogP contribution in [-0.4, -0.2) is 36.8 Å². The molecule has 7 nitrogen and oxygen atoms in total. The Balaban J connectivity index is 1.95. The second-order valence-electron chi connectivity index (χ2n) is 6.61. The van der Waals surface area contributed by atoms with E-state index in [9.17, 15) is 10.1 Å². The highest BCUT2D eigenvalue weighted by Gasteiger charge is 2.22. The molecular formula is C18H27N3O4S. The topological polar surface area (TPSA) is 85.7 Å². The highest BCUT2D eigenvalue weighted by atomic mass is 32.1. The Morgan fingerprint density at radius 1 is 1.27 bits per heavy atom. The van der Waals surface area contributed by atoms with Crippen LogP contribution in [0, 0.1) is 16.0 Å². The minimum absolute atomic E-state index is 0.0178. The van der Waals surface area contributed by atoms with Crippen LogP contribution in [-0.2, 0) is 6.42 Å². The summed E-state index contributed by atoms with van der Waals surface area (Å²) in [4.78, 5) is 10.9. The van der Waals surface area contributed by atoms with Gasteiger partial charge < -0.3 is 20.1 Å². The third kappa shape index (κ3) is 5.20. The van der Waals surface area contributed by atoms with E-state index in [4.69, 9.17) is 21.7 Å². The average molecular weight is 381 g/mol. The van der Waals surface area contributed by atoms with E-state index in [1.807, 2.05) is 0 Å². The number of benzene rings is 1. The van der Waals surface area contributed by atoms with Crippen molar-refractivity contribution in [2.45, 2.75) is 45.1 Å². The van der Waals surface area contributed by atoms with Crippen molar-refractivity contribution in [2.75, 3.05) is 20.8 Å². The predicted molar refractivity (Wildman–Crippen MR) is 105 cm³/mol. The van der Waals surface area contributed by atoms with Gasteiger partial charge in [-0.05, 0) is 43.5 Å². The molecule has 0 spiro atoms. The van der Waals surface area contributed by atoms with E-state index in [-0.39, 0.29) is 5.69 Å². The first kappa shape index (κ1) is 20.2. The second-order valence-corrected chi connectivity index (χ2v) is 7.02. The number of nitro groups is 1. The number of methoxy groups -OCH3 is 2. The molecule has 2 N–H and O–H groups in total. The molecule has 144 valence electrons. The van der Waals surface area contributed by atoms with Gasteiger partial charge in [-0.2, -0.15) is 0 Å². The summed E-state index contributed by atoms with van der Waals surface area (Å²) in [7, 11) is 2.97. The van der Waals surface area contributed by atoms with Gasteiger partial charge in [-0.25, -0.2) is 0 Å². The Bertz CT molecular complexity index is 654. The molecular weight excluding hydrogens is 354 g/mol. The lowest BCUT2D eigenvalue weighted by molar-refractivity contribution is -0.385. The highest BCUT2D eigenvalue weighted by Crippen LogP contribution is 2.34. The number of hydrogen-bond acceptors (Lipinski definition) is 5.